The molecule has 8 nitrogen and oxygen atoms in total. The van der Waals surface area contributed by atoms with E-state index >= 15 is 0 Å². The number of carboxylic acids is 1. The van der Waals surface area contributed by atoms with Gasteiger partial charge >= 0.3 is 12.0 Å². The Morgan fingerprint density at radius 1 is 1.15 bits per heavy atom. The van der Waals surface area contributed by atoms with Crippen LogP contribution in [0.5, 0.6) is 5.75 Å². The number of amides is 3. The molecule has 4 N–H and O–H groups in total. The number of nitrogens with one attached hydrogen (secondary N) is 1. The zero-order valence-corrected chi connectivity index (χ0v) is 14.3. The van der Waals surface area contributed by atoms with Gasteiger partial charge in [-0.25, -0.2) is 9.59 Å². The maximum absolute atomic E-state index is 12.7. The van der Waals surface area contributed by atoms with Gasteiger partial charge in [-0.2, -0.15) is 0 Å². The first-order chi connectivity index (χ1) is 12.3. The fourth-order valence-electron chi connectivity index (χ4n) is 2.54. The van der Waals surface area contributed by atoms with Crippen molar-refractivity contribution in [1.29, 1.82) is 0 Å². The minimum Gasteiger partial charge on any atom is -0.497 e. The van der Waals surface area contributed by atoms with Gasteiger partial charge in [0.25, 0.3) is 5.91 Å². The van der Waals surface area contributed by atoms with Gasteiger partial charge in [-0.3, -0.25) is 4.79 Å². The summed E-state index contributed by atoms with van der Waals surface area (Å²) in [5.74, 6) is -1.21. The van der Waals surface area contributed by atoms with Crippen LogP contribution in [0.25, 0.3) is 0 Å². The number of primary amides is 1. The van der Waals surface area contributed by atoms with E-state index in [4.69, 9.17) is 10.5 Å². The Bertz CT molecular complexity index is 837. The summed E-state index contributed by atoms with van der Waals surface area (Å²) in [6.07, 6.45) is 0. The van der Waals surface area contributed by atoms with Crippen LogP contribution in [0.15, 0.2) is 48.5 Å². The zero-order valence-electron chi connectivity index (χ0n) is 14.3. The van der Waals surface area contributed by atoms with Crippen molar-refractivity contribution in [3.05, 3.63) is 59.7 Å². The molecule has 0 aliphatic heterocycles. The summed E-state index contributed by atoms with van der Waals surface area (Å²) in [5, 5.41) is 12.0. The Morgan fingerprint density at radius 3 is 2.46 bits per heavy atom. The number of nitrogens with zero attached hydrogens (tertiary/aromatic N) is 1. The number of anilines is 1. The molecule has 0 heterocycles. The topological polar surface area (TPSA) is 122 Å². The highest BCUT2D eigenvalue weighted by Crippen LogP contribution is 2.25. The van der Waals surface area contributed by atoms with Gasteiger partial charge in [0.2, 0.25) is 0 Å². The van der Waals surface area contributed by atoms with E-state index in [0.29, 0.717) is 17.0 Å². The molecule has 2 rings (SSSR count). The lowest BCUT2D eigenvalue weighted by molar-refractivity contribution is -0.142. The molecule has 0 fully saturated rings. The molecule has 136 valence electrons. The van der Waals surface area contributed by atoms with Gasteiger partial charge in [0.15, 0.2) is 6.04 Å². The maximum Gasteiger partial charge on any atom is 0.331 e. The Hall–Kier alpha value is -3.55. The van der Waals surface area contributed by atoms with E-state index in [9.17, 15) is 19.5 Å². The van der Waals surface area contributed by atoms with E-state index < -0.39 is 23.9 Å². The lowest BCUT2D eigenvalue weighted by atomic mass is 10.0. The molecule has 26 heavy (non-hydrogen) atoms. The molecule has 1 atom stereocenters. The van der Waals surface area contributed by atoms with Crippen LogP contribution in [0.4, 0.5) is 10.5 Å². The van der Waals surface area contributed by atoms with E-state index in [1.165, 1.54) is 26.3 Å². The van der Waals surface area contributed by atoms with Crippen LogP contribution in [-0.2, 0) is 4.79 Å². The Kier molecular flexibility index (Phi) is 5.79. The molecule has 0 aliphatic carbocycles. The predicted molar refractivity (Wildman–Crippen MR) is 95.1 cm³/mol. The number of nitrogens with two attached hydrogens (primary N) is 1. The Labute approximate surface area is 150 Å². The number of carboxylic acid groups (broad SMARTS) is 1. The molecule has 0 aliphatic rings. The molecular formula is C18H19N3O5. The van der Waals surface area contributed by atoms with Crippen molar-refractivity contribution in [2.75, 3.05) is 19.5 Å². The number of aliphatic carboxylic acids is 1. The van der Waals surface area contributed by atoms with Crippen LogP contribution in [0.3, 0.4) is 0 Å². The first-order valence-electron chi connectivity index (χ1n) is 7.64. The van der Waals surface area contributed by atoms with Crippen LogP contribution in [-0.4, -0.2) is 42.1 Å². The Balaban J connectivity index is 2.34. The smallest absolute Gasteiger partial charge is 0.331 e. The lowest BCUT2D eigenvalue weighted by Crippen LogP contribution is -2.36. The largest absolute Gasteiger partial charge is 0.497 e. The summed E-state index contributed by atoms with van der Waals surface area (Å²) in [6.45, 7) is 0. The fourth-order valence-corrected chi connectivity index (χ4v) is 2.54. The normalized spacial score (nSPS) is 11.3. The van der Waals surface area contributed by atoms with Crippen LogP contribution in [0.2, 0.25) is 0 Å². The summed E-state index contributed by atoms with van der Waals surface area (Å²) in [7, 11) is 2.87. The Morgan fingerprint density at radius 2 is 1.85 bits per heavy atom. The van der Waals surface area contributed by atoms with Crippen molar-refractivity contribution in [1.82, 2.24) is 4.90 Å². The second-order valence-corrected chi connectivity index (χ2v) is 5.50. The van der Waals surface area contributed by atoms with Crippen LogP contribution >= 0.6 is 0 Å². The van der Waals surface area contributed by atoms with Crippen molar-refractivity contribution in [3.63, 3.8) is 0 Å². The molecule has 0 bridgehead atoms. The molecular weight excluding hydrogens is 338 g/mol. The maximum atomic E-state index is 12.7. The summed E-state index contributed by atoms with van der Waals surface area (Å²) in [4.78, 5) is 36.6. The number of carbonyl (C=O) groups is 3. The van der Waals surface area contributed by atoms with Gasteiger partial charge in [-0.1, -0.05) is 18.2 Å². The van der Waals surface area contributed by atoms with E-state index in [-0.39, 0.29) is 5.56 Å². The first-order valence-corrected chi connectivity index (χ1v) is 7.64. The third-order valence-electron chi connectivity index (χ3n) is 3.73. The minimum atomic E-state index is -1.20. The standard InChI is InChI=1S/C18H19N3O5/c1-21(15(17(23)24)11-5-4-8-14(10-11)26-2)16(22)12-6-3-7-13(9-12)20-18(19)25/h3-10,15H,1-2H3,(H,23,24)(H3,19,20,25). The number of hydrogen-bond donors (Lipinski definition) is 3. The van der Waals surface area contributed by atoms with Gasteiger partial charge in [-0.05, 0) is 35.9 Å². The SMILES string of the molecule is COc1cccc(C(C(=O)O)N(C)C(=O)c2cccc(NC(N)=O)c2)c1. The number of methoxy groups -OCH3 is 1. The molecule has 0 radical (unpaired) electrons. The molecule has 0 saturated heterocycles. The van der Waals surface area contributed by atoms with Gasteiger partial charge in [-0.15, -0.1) is 0 Å². The van der Waals surface area contributed by atoms with Crippen LogP contribution in [0, 0.1) is 0 Å². The summed E-state index contributed by atoms with van der Waals surface area (Å²) >= 11 is 0. The average Bonchev–Trinajstić information content (AvgIpc) is 2.60. The predicted octanol–water partition coefficient (Wildman–Crippen LogP) is 2.08. The minimum absolute atomic E-state index is 0.216. The zero-order chi connectivity index (χ0) is 19.3. The molecule has 8 heteroatoms. The first kappa shape index (κ1) is 18.8. The quantitative estimate of drug-likeness (QED) is 0.731. The molecule has 2 aromatic carbocycles. The van der Waals surface area contributed by atoms with Gasteiger partial charge in [0, 0.05) is 18.3 Å². The van der Waals surface area contributed by atoms with Gasteiger partial charge < -0.3 is 25.8 Å². The highest BCUT2D eigenvalue weighted by molar-refractivity contribution is 5.98. The molecule has 0 spiro atoms. The van der Waals surface area contributed by atoms with Crippen LogP contribution < -0.4 is 15.8 Å². The molecule has 1 unspecified atom stereocenters. The number of urea groups is 1. The van der Waals surface area contributed by atoms with Gasteiger partial charge in [0.05, 0.1) is 7.11 Å². The number of hydrogen-bond acceptors (Lipinski definition) is 4. The van der Waals surface area contributed by atoms with Crippen molar-refractivity contribution in [2.24, 2.45) is 5.73 Å². The molecule has 0 saturated carbocycles. The molecule has 3 amide bonds. The summed E-state index contributed by atoms with van der Waals surface area (Å²) in [5.41, 5.74) is 6.02. The van der Waals surface area contributed by atoms with E-state index in [2.05, 4.69) is 5.32 Å². The number of carbonyl (C=O) groups excluding carboxylic acids is 2. The number of ether oxygens (including phenoxy) is 1. The third-order valence-corrected chi connectivity index (χ3v) is 3.73. The van der Waals surface area contributed by atoms with Crippen molar-refractivity contribution in [2.45, 2.75) is 6.04 Å². The lowest BCUT2D eigenvalue weighted by Gasteiger charge is -2.25. The fraction of sp³-hybridized carbons (Fsp3) is 0.167. The van der Waals surface area contributed by atoms with E-state index in [1.807, 2.05) is 0 Å². The monoisotopic (exact) mass is 357 g/mol. The second kappa shape index (κ2) is 8.02. The van der Waals surface area contributed by atoms with Crippen molar-refractivity contribution in [3.8, 4) is 5.75 Å². The van der Waals surface area contributed by atoms with E-state index in [1.54, 1.807) is 36.4 Å². The second-order valence-electron chi connectivity index (χ2n) is 5.50. The van der Waals surface area contributed by atoms with Crippen molar-refractivity contribution < 1.29 is 24.2 Å². The average molecular weight is 357 g/mol. The number of rotatable bonds is 6. The molecule has 2 aromatic rings. The van der Waals surface area contributed by atoms with Gasteiger partial charge in [0.1, 0.15) is 5.75 Å². The molecule has 0 aromatic heterocycles. The summed E-state index contributed by atoms with van der Waals surface area (Å²) < 4.78 is 5.11. The van der Waals surface area contributed by atoms with E-state index in [0.717, 1.165) is 4.90 Å². The van der Waals surface area contributed by atoms with Crippen molar-refractivity contribution >= 4 is 23.6 Å². The number of benzene rings is 2. The highest BCUT2D eigenvalue weighted by Gasteiger charge is 2.29. The number of likely N-dealkylation sites (N-methyl/N-ethyl adjacent to an activating group) is 1. The third kappa shape index (κ3) is 4.29. The highest BCUT2D eigenvalue weighted by atomic mass is 16.5. The van der Waals surface area contributed by atoms with Crippen LogP contribution in [0.1, 0.15) is 22.0 Å². The summed E-state index contributed by atoms with van der Waals surface area (Å²) in [6, 6.07) is 10.6.